The Hall–Kier alpha value is -1.58. The molecule has 4 heteroatoms. The van der Waals surface area contributed by atoms with Crippen molar-refractivity contribution in [2.24, 2.45) is 0 Å². The van der Waals surface area contributed by atoms with Gasteiger partial charge in [0.05, 0.1) is 7.11 Å². The van der Waals surface area contributed by atoms with Gasteiger partial charge in [0.15, 0.2) is 0 Å². The lowest BCUT2D eigenvalue weighted by Gasteiger charge is -2.11. The second-order valence-electron chi connectivity index (χ2n) is 4.18. The maximum atomic E-state index is 13.6. The molecule has 2 rings (SSSR count). The van der Waals surface area contributed by atoms with Gasteiger partial charge in [-0.1, -0.05) is 17.7 Å². The number of methoxy groups -OCH3 is 1. The van der Waals surface area contributed by atoms with Crippen molar-refractivity contribution in [1.82, 2.24) is 5.32 Å². The Morgan fingerprint density at radius 1 is 1.21 bits per heavy atom. The Morgan fingerprint density at radius 2 is 2.00 bits per heavy atom. The molecule has 0 bridgehead atoms. The number of hydrogen-bond acceptors (Lipinski definition) is 2. The molecule has 1 N–H and O–H groups in total. The van der Waals surface area contributed by atoms with Crippen LogP contribution in [0, 0.1) is 5.82 Å². The van der Waals surface area contributed by atoms with Gasteiger partial charge in [0.2, 0.25) is 0 Å². The largest absolute Gasteiger partial charge is 0.496 e. The van der Waals surface area contributed by atoms with Gasteiger partial charge < -0.3 is 10.1 Å². The Labute approximate surface area is 117 Å². The van der Waals surface area contributed by atoms with Crippen molar-refractivity contribution in [2.45, 2.75) is 6.54 Å². The average Bonchev–Trinajstić information content (AvgIpc) is 2.41. The molecule has 0 fully saturated rings. The molecule has 0 aliphatic carbocycles. The van der Waals surface area contributed by atoms with Crippen LogP contribution in [-0.4, -0.2) is 14.2 Å². The van der Waals surface area contributed by atoms with E-state index >= 15 is 0 Å². The number of halogens is 2. The van der Waals surface area contributed by atoms with Gasteiger partial charge in [-0.2, -0.15) is 0 Å². The summed E-state index contributed by atoms with van der Waals surface area (Å²) in [6.45, 7) is 0.475. The lowest BCUT2D eigenvalue weighted by atomic mass is 10.0. The van der Waals surface area contributed by atoms with Gasteiger partial charge in [-0.3, -0.25) is 0 Å². The second-order valence-corrected chi connectivity index (χ2v) is 4.62. The van der Waals surface area contributed by atoms with Crippen LogP contribution in [-0.2, 0) is 6.54 Å². The summed E-state index contributed by atoms with van der Waals surface area (Å²) in [4.78, 5) is 0. The fourth-order valence-corrected chi connectivity index (χ4v) is 2.15. The molecule has 0 unspecified atom stereocenters. The van der Waals surface area contributed by atoms with E-state index in [2.05, 4.69) is 5.32 Å². The Morgan fingerprint density at radius 3 is 2.68 bits per heavy atom. The van der Waals surface area contributed by atoms with E-state index in [9.17, 15) is 4.39 Å². The highest BCUT2D eigenvalue weighted by molar-refractivity contribution is 6.31. The van der Waals surface area contributed by atoms with Crippen LogP contribution in [0.3, 0.4) is 0 Å². The number of benzene rings is 2. The summed E-state index contributed by atoms with van der Waals surface area (Å²) in [6, 6.07) is 10.4. The van der Waals surface area contributed by atoms with Crippen LogP contribution in [0.1, 0.15) is 5.56 Å². The minimum absolute atomic E-state index is 0.223. The lowest BCUT2D eigenvalue weighted by Crippen LogP contribution is -2.07. The third-order valence-electron chi connectivity index (χ3n) is 2.89. The first kappa shape index (κ1) is 13.8. The SMILES string of the molecule is CNCc1cc(-c2cc(Cl)ccc2OC)ccc1F. The number of hydrogen-bond donors (Lipinski definition) is 1. The quantitative estimate of drug-likeness (QED) is 0.917. The van der Waals surface area contributed by atoms with E-state index in [1.165, 1.54) is 6.07 Å². The molecule has 0 radical (unpaired) electrons. The molecule has 0 atom stereocenters. The predicted molar refractivity (Wildman–Crippen MR) is 76.2 cm³/mol. The molecule has 0 spiro atoms. The molecule has 0 saturated heterocycles. The smallest absolute Gasteiger partial charge is 0.127 e. The van der Waals surface area contributed by atoms with Crippen LogP contribution >= 0.6 is 11.6 Å². The molecule has 100 valence electrons. The van der Waals surface area contributed by atoms with E-state index in [1.54, 1.807) is 38.4 Å². The summed E-state index contributed by atoms with van der Waals surface area (Å²) in [5.41, 5.74) is 2.35. The summed E-state index contributed by atoms with van der Waals surface area (Å²) in [6.07, 6.45) is 0. The van der Waals surface area contributed by atoms with Crippen LogP contribution in [0.15, 0.2) is 36.4 Å². The van der Waals surface area contributed by atoms with Crippen LogP contribution in [0.4, 0.5) is 4.39 Å². The second kappa shape index (κ2) is 6.04. The zero-order valence-corrected chi connectivity index (χ0v) is 11.6. The van der Waals surface area contributed by atoms with Crippen LogP contribution in [0.2, 0.25) is 5.02 Å². The molecule has 0 saturated carbocycles. The minimum atomic E-state index is -0.223. The van der Waals surface area contributed by atoms with E-state index in [1.807, 2.05) is 6.07 Å². The van der Waals surface area contributed by atoms with E-state index < -0.39 is 0 Å². The zero-order chi connectivity index (χ0) is 13.8. The maximum Gasteiger partial charge on any atom is 0.127 e. The van der Waals surface area contributed by atoms with Gasteiger partial charge >= 0.3 is 0 Å². The highest BCUT2D eigenvalue weighted by Crippen LogP contribution is 2.33. The van der Waals surface area contributed by atoms with Gasteiger partial charge in [-0.25, -0.2) is 4.39 Å². The fraction of sp³-hybridized carbons (Fsp3) is 0.200. The van der Waals surface area contributed by atoms with Crippen LogP contribution < -0.4 is 10.1 Å². The molecule has 0 amide bonds. The number of ether oxygens (including phenoxy) is 1. The summed E-state index contributed by atoms with van der Waals surface area (Å²) < 4.78 is 19.0. The molecule has 0 aliphatic rings. The lowest BCUT2D eigenvalue weighted by molar-refractivity contribution is 0.416. The van der Waals surface area contributed by atoms with Crippen molar-refractivity contribution in [3.63, 3.8) is 0 Å². The molecular formula is C15H15ClFNO. The molecule has 0 heterocycles. The first-order chi connectivity index (χ1) is 9.15. The monoisotopic (exact) mass is 279 g/mol. The van der Waals surface area contributed by atoms with Crippen molar-refractivity contribution in [1.29, 1.82) is 0 Å². The molecule has 2 aromatic carbocycles. The maximum absolute atomic E-state index is 13.6. The molecule has 0 aliphatic heterocycles. The molecule has 19 heavy (non-hydrogen) atoms. The standard InChI is InChI=1S/C15H15ClFNO/c1-18-9-11-7-10(3-5-14(11)17)13-8-12(16)4-6-15(13)19-2/h3-8,18H,9H2,1-2H3. The number of nitrogens with one attached hydrogen (secondary N) is 1. The Balaban J connectivity index is 2.52. The highest BCUT2D eigenvalue weighted by Gasteiger charge is 2.09. The van der Waals surface area contributed by atoms with Gasteiger partial charge in [0.1, 0.15) is 11.6 Å². The highest BCUT2D eigenvalue weighted by atomic mass is 35.5. The van der Waals surface area contributed by atoms with Crippen molar-refractivity contribution in [2.75, 3.05) is 14.2 Å². The van der Waals surface area contributed by atoms with E-state index in [0.717, 1.165) is 11.1 Å². The fourth-order valence-electron chi connectivity index (χ4n) is 1.97. The van der Waals surface area contributed by atoms with Gasteiger partial charge in [0, 0.05) is 22.7 Å². The van der Waals surface area contributed by atoms with Gasteiger partial charge in [0.25, 0.3) is 0 Å². The summed E-state index contributed by atoms with van der Waals surface area (Å²) in [5.74, 6) is 0.491. The summed E-state index contributed by atoms with van der Waals surface area (Å²) in [5, 5.41) is 3.57. The molecule has 2 aromatic rings. The third-order valence-corrected chi connectivity index (χ3v) is 3.12. The van der Waals surface area contributed by atoms with Crippen molar-refractivity contribution in [3.8, 4) is 16.9 Å². The zero-order valence-electron chi connectivity index (χ0n) is 10.8. The van der Waals surface area contributed by atoms with Crippen LogP contribution in [0.25, 0.3) is 11.1 Å². The Kier molecular flexibility index (Phi) is 4.40. The van der Waals surface area contributed by atoms with Crippen molar-refractivity contribution < 1.29 is 9.13 Å². The van der Waals surface area contributed by atoms with E-state index in [4.69, 9.17) is 16.3 Å². The first-order valence-electron chi connectivity index (χ1n) is 5.92. The normalized spacial score (nSPS) is 10.5. The first-order valence-corrected chi connectivity index (χ1v) is 6.30. The van der Waals surface area contributed by atoms with E-state index in [-0.39, 0.29) is 5.82 Å². The topological polar surface area (TPSA) is 21.3 Å². The number of rotatable bonds is 4. The molecule has 0 aromatic heterocycles. The Bertz CT molecular complexity index is 586. The third kappa shape index (κ3) is 3.06. The summed E-state index contributed by atoms with van der Waals surface area (Å²) in [7, 11) is 3.39. The van der Waals surface area contributed by atoms with Gasteiger partial charge in [-0.15, -0.1) is 0 Å². The van der Waals surface area contributed by atoms with Crippen LogP contribution in [0.5, 0.6) is 5.75 Å². The van der Waals surface area contributed by atoms with E-state index in [0.29, 0.717) is 22.9 Å². The predicted octanol–water partition coefficient (Wildman–Crippen LogP) is 3.87. The average molecular weight is 280 g/mol. The minimum Gasteiger partial charge on any atom is -0.496 e. The van der Waals surface area contributed by atoms with Crippen molar-refractivity contribution in [3.05, 3.63) is 52.8 Å². The summed E-state index contributed by atoms with van der Waals surface area (Å²) >= 11 is 6.01. The van der Waals surface area contributed by atoms with Gasteiger partial charge in [-0.05, 0) is 42.9 Å². The molecular weight excluding hydrogens is 265 g/mol. The molecule has 2 nitrogen and oxygen atoms in total. The van der Waals surface area contributed by atoms with Crippen molar-refractivity contribution >= 4 is 11.6 Å².